The van der Waals surface area contributed by atoms with Gasteiger partial charge in [0, 0.05) is 25.8 Å². The second-order valence-electron chi connectivity index (χ2n) is 11.5. The highest BCUT2D eigenvalue weighted by atomic mass is 32.2. The Morgan fingerprint density at radius 3 is 2.47 bits per heavy atom. The van der Waals surface area contributed by atoms with Crippen LogP contribution in [-0.4, -0.2) is 92.7 Å². The number of likely N-dealkylation sites (tertiary alicyclic amines) is 1. The number of methoxy groups -OCH3 is 1. The van der Waals surface area contributed by atoms with Gasteiger partial charge in [0.15, 0.2) is 0 Å². The number of carbonyl (C=O) groups excluding carboxylic acids is 2. The van der Waals surface area contributed by atoms with E-state index in [1.54, 1.807) is 62.4 Å². The van der Waals surface area contributed by atoms with E-state index < -0.39 is 47.2 Å². The van der Waals surface area contributed by atoms with Crippen LogP contribution in [0.1, 0.15) is 28.7 Å². The van der Waals surface area contributed by atoms with Crippen LogP contribution in [0.5, 0.6) is 5.75 Å². The maximum absolute atomic E-state index is 13.4. The predicted octanol–water partition coefficient (Wildman–Crippen LogP) is 2.20. The van der Waals surface area contributed by atoms with Crippen molar-refractivity contribution in [2.45, 2.75) is 56.7 Å². The van der Waals surface area contributed by atoms with E-state index >= 15 is 0 Å². The molecule has 4 N–H and O–H groups in total. The molecule has 47 heavy (non-hydrogen) atoms. The number of carboxylic acids is 1. The van der Waals surface area contributed by atoms with Crippen LogP contribution in [0.15, 0.2) is 65.7 Å². The molecule has 3 atom stereocenters. The Kier molecular flexibility index (Phi) is 11.9. The second kappa shape index (κ2) is 15.8. The maximum atomic E-state index is 13.4. The smallest absolute Gasteiger partial charge is 0.323 e. The molecule has 3 aromatic rings. The minimum absolute atomic E-state index is 0.00263. The molecule has 2 aromatic carbocycles. The third-order valence-corrected chi connectivity index (χ3v) is 9.57. The van der Waals surface area contributed by atoms with E-state index in [-0.39, 0.29) is 29.8 Å². The van der Waals surface area contributed by atoms with Crippen LogP contribution >= 0.6 is 0 Å². The zero-order chi connectivity index (χ0) is 34.1. The normalized spacial score (nSPS) is 16.8. The fourth-order valence-electron chi connectivity index (χ4n) is 5.72. The lowest BCUT2D eigenvalue weighted by Gasteiger charge is -2.25. The highest BCUT2D eigenvalue weighted by molar-refractivity contribution is 7.89. The molecule has 1 fully saturated rings. The molecule has 0 bridgehead atoms. The van der Waals surface area contributed by atoms with E-state index in [0.717, 1.165) is 11.1 Å². The molecule has 0 radical (unpaired) electrons. The van der Waals surface area contributed by atoms with Gasteiger partial charge in [-0.2, -0.15) is 4.72 Å². The fourth-order valence-corrected chi connectivity index (χ4v) is 7.36. The average molecular weight is 668 g/mol. The van der Waals surface area contributed by atoms with Gasteiger partial charge >= 0.3 is 5.97 Å². The van der Waals surface area contributed by atoms with E-state index in [1.165, 1.54) is 0 Å². The fraction of sp³-hybridized carbons (Fsp3) is 0.394. The van der Waals surface area contributed by atoms with Gasteiger partial charge < -0.3 is 30.1 Å². The van der Waals surface area contributed by atoms with Crippen LogP contribution in [-0.2, 0) is 35.6 Å². The second-order valence-corrected chi connectivity index (χ2v) is 13.2. The van der Waals surface area contributed by atoms with Gasteiger partial charge in [0.25, 0.3) is 0 Å². The Balaban J connectivity index is 1.35. The summed E-state index contributed by atoms with van der Waals surface area (Å²) >= 11 is 0. The van der Waals surface area contributed by atoms with Gasteiger partial charge in [-0.1, -0.05) is 35.9 Å². The maximum Gasteiger partial charge on any atom is 0.323 e. The van der Waals surface area contributed by atoms with E-state index in [0.29, 0.717) is 35.7 Å². The number of carbonyl (C=O) groups is 3. The first kappa shape index (κ1) is 35.3. The minimum atomic E-state index is -4.20. The summed E-state index contributed by atoms with van der Waals surface area (Å²) in [5, 5.41) is 15.4. The number of rotatable bonds is 15. The summed E-state index contributed by atoms with van der Waals surface area (Å²) in [6.45, 7) is 4.87. The first-order chi connectivity index (χ1) is 22.4. The third kappa shape index (κ3) is 9.73. The van der Waals surface area contributed by atoms with Crippen molar-refractivity contribution in [2.75, 3.05) is 38.7 Å². The Morgan fingerprint density at radius 2 is 1.81 bits per heavy atom. The molecule has 1 aliphatic heterocycles. The number of carboxylic acid groups (broad SMARTS) is 1. The number of ether oxygens (including phenoxy) is 2. The topological polar surface area (TPSA) is 176 Å². The highest BCUT2D eigenvalue weighted by Crippen LogP contribution is 2.24. The number of pyridine rings is 1. The molecule has 1 aliphatic rings. The lowest BCUT2D eigenvalue weighted by molar-refractivity contribution is -0.139. The van der Waals surface area contributed by atoms with Crippen LogP contribution in [0.2, 0.25) is 0 Å². The molecular weight excluding hydrogens is 626 g/mol. The zero-order valence-electron chi connectivity index (χ0n) is 26.9. The predicted molar refractivity (Wildman–Crippen MR) is 175 cm³/mol. The molecule has 0 saturated carbocycles. The van der Waals surface area contributed by atoms with Crippen molar-refractivity contribution in [2.24, 2.45) is 0 Å². The number of amides is 2. The number of aromatic nitrogens is 1. The van der Waals surface area contributed by atoms with Crippen LogP contribution < -0.4 is 20.1 Å². The van der Waals surface area contributed by atoms with Gasteiger partial charge in [0.2, 0.25) is 21.8 Å². The summed E-state index contributed by atoms with van der Waals surface area (Å²) in [5.74, 6) is -0.871. The van der Waals surface area contributed by atoms with E-state index in [9.17, 15) is 27.9 Å². The Hall–Kier alpha value is -4.53. The van der Waals surface area contributed by atoms with Crippen LogP contribution in [0.3, 0.4) is 0 Å². The molecular formula is C33H41N5O8S. The number of aryl methyl sites for hydroxylation is 3. The largest absolute Gasteiger partial charge is 0.497 e. The van der Waals surface area contributed by atoms with Crippen LogP contribution in [0.4, 0.5) is 5.82 Å². The van der Waals surface area contributed by atoms with Crippen molar-refractivity contribution in [3.05, 3.63) is 83.0 Å². The summed E-state index contributed by atoms with van der Waals surface area (Å²) in [6.07, 6.45) is 1.80. The number of sulfonamides is 1. The quantitative estimate of drug-likeness (QED) is 0.188. The zero-order valence-corrected chi connectivity index (χ0v) is 27.7. The first-order valence-corrected chi connectivity index (χ1v) is 16.6. The molecule has 2 heterocycles. The molecule has 3 unspecified atom stereocenters. The van der Waals surface area contributed by atoms with Crippen molar-refractivity contribution in [3.8, 4) is 5.75 Å². The Bertz CT molecular complexity index is 1660. The summed E-state index contributed by atoms with van der Waals surface area (Å²) in [6, 6.07) is 14.3. The molecule has 0 spiro atoms. The van der Waals surface area contributed by atoms with Gasteiger partial charge in [-0.25, -0.2) is 13.4 Å². The SMILES string of the molecule is COc1cccc(CC(=O)N2CC(OCC(=O)NCC(NS(=O)(=O)c3c(C)cc(C)cc3C)C(=O)O)CC2CNc2ccccn2)c1. The van der Waals surface area contributed by atoms with E-state index in [2.05, 4.69) is 20.3 Å². The highest BCUT2D eigenvalue weighted by Gasteiger charge is 2.36. The molecule has 14 heteroatoms. The number of nitrogens with one attached hydrogen (secondary N) is 3. The monoisotopic (exact) mass is 667 g/mol. The van der Waals surface area contributed by atoms with Crippen LogP contribution in [0, 0.1) is 20.8 Å². The first-order valence-electron chi connectivity index (χ1n) is 15.1. The molecule has 4 rings (SSSR count). The number of benzene rings is 2. The number of anilines is 1. The molecule has 2 amide bonds. The lowest BCUT2D eigenvalue weighted by atomic mass is 10.1. The van der Waals surface area contributed by atoms with Crippen LogP contribution in [0.25, 0.3) is 0 Å². The van der Waals surface area contributed by atoms with E-state index in [4.69, 9.17) is 9.47 Å². The molecule has 1 aromatic heterocycles. The third-order valence-electron chi connectivity index (χ3n) is 7.79. The Labute approximate surface area is 274 Å². The van der Waals surface area contributed by atoms with Gasteiger partial charge in [-0.3, -0.25) is 14.4 Å². The lowest BCUT2D eigenvalue weighted by Crippen LogP contribution is -2.49. The summed E-state index contributed by atoms with van der Waals surface area (Å²) in [7, 11) is -2.64. The van der Waals surface area contributed by atoms with Gasteiger partial charge in [0.1, 0.15) is 24.2 Å². The van der Waals surface area contributed by atoms with Crippen molar-refractivity contribution in [3.63, 3.8) is 0 Å². The van der Waals surface area contributed by atoms with Gasteiger partial charge in [-0.15, -0.1) is 0 Å². The Morgan fingerprint density at radius 1 is 1.06 bits per heavy atom. The molecule has 1 saturated heterocycles. The van der Waals surface area contributed by atoms with Gasteiger partial charge in [0.05, 0.1) is 30.6 Å². The molecule has 0 aliphatic carbocycles. The van der Waals surface area contributed by atoms with E-state index in [1.807, 2.05) is 31.2 Å². The summed E-state index contributed by atoms with van der Waals surface area (Å²) < 4.78 is 39.5. The summed E-state index contributed by atoms with van der Waals surface area (Å²) in [4.78, 5) is 44.0. The van der Waals surface area contributed by atoms with Crippen molar-refractivity contribution in [1.82, 2.24) is 19.9 Å². The average Bonchev–Trinajstić information content (AvgIpc) is 3.44. The molecule has 13 nitrogen and oxygen atoms in total. The number of hydrogen-bond acceptors (Lipinski definition) is 9. The van der Waals surface area contributed by atoms with Crippen molar-refractivity contribution in [1.29, 1.82) is 0 Å². The number of aliphatic carboxylic acids is 1. The minimum Gasteiger partial charge on any atom is -0.497 e. The van der Waals surface area contributed by atoms with Crippen molar-refractivity contribution >= 4 is 33.6 Å². The standard InChI is InChI=1S/C33H41N5O8S/c1-21-12-22(2)32(23(3)13-21)47(43,44)37-28(33(41)42)18-36-30(39)20-46-27-16-25(17-35-29-10-5-6-11-34-29)38(19-27)31(40)15-24-8-7-9-26(14-24)45-4/h5-14,25,27-28,37H,15-20H2,1-4H3,(H,34,35)(H,36,39)(H,41,42). The van der Waals surface area contributed by atoms with Crippen molar-refractivity contribution < 1.29 is 37.4 Å². The van der Waals surface area contributed by atoms with Gasteiger partial charge in [-0.05, 0) is 68.1 Å². The summed E-state index contributed by atoms with van der Waals surface area (Å²) in [5.41, 5.74) is 2.64. The molecule has 252 valence electrons. The number of hydrogen-bond donors (Lipinski definition) is 4. The number of nitrogens with zero attached hydrogens (tertiary/aromatic N) is 2.